The molecule has 0 heterocycles. The van der Waals surface area contributed by atoms with Crippen molar-refractivity contribution in [3.63, 3.8) is 0 Å². The lowest BCUT2D eigenvalue weighted by molar-refractivity contribution is -0.138. The molecular formula is C34H56O4. The zero-order chi connectivity index (χ0) is 27.6. The van der Waals surface area contributed by atoms with Crippen molar-refractivity contribution in [2.45, 2.75) is 135 Å². The zero-order valence-corrected chi connectivity index (χ0v) is 24.3. The summed E-state index contributed by atoms with van der Waals surface area (Å²) in [7, 11) is 0. The molecule has 0 bridgehead atoms. The first-order chi connectivity index (χ1) is 18.5. The Balaban J connectivity index is 1.94. The predicted octanol–water partition coefficient (Wildman–Crippen LogP) is 9.75. The minimum Gasteiger partial charge on any atom is -0.481 e. The van der Waals surface area contributed by atoms with Crippen LogP contribution in [0, 0.1) is 29.6 Å². The van der Waals surface area contributed by atoms with E-state index < -0.39 is 11.9 Å². The Morgan fingerprint density at radius 1 is 0.763 bits per heavy atom. The Morgan fingerprint density at radius 2 is 1.29 bits per heavy atom. The van der Waals surface area contributed by atoms with Crippen LogP contribution in [0.3, 0.4) is 0 Å². The van der Waals surface area contributed by atoms with Crippen LogP contribution in [0.4, 0.5) is 0 Å². The molecule has 0 aliphatic heterocycles. The van der Waals surface area contributed by atoms with Gasteiger partial charge in [0.05, 0.1) is 0 Å². The molecule has 2 aliphatic carbocycles. The Hall–Kier alpha value is -1.84. The minimum atomic E-state index is -0.680. The van der Waals surface area contributed by atoms with Crippen molar-refractivity contribution in [1.82, 2.24) is 0 Å². The van der Waals surface area contributed by atoms with Crippen LogP contribution in [0.25, 0.3) is 0 Å². The Labute approximate surface area is 233 Å². The molecule has 38 heavy (non-hydrogen) atoms. The molecule has 2 N–H and O–H groups in total. The van der Waals surface area contributed by atoms with Crippen molar-refractivity contribution in [3.05, 3.63) is 36.5 Å². The fourth-order valence-electron chi connectivity index (χ4n) is 6.78. The Morgan fingerprint density at radius 3 is 1.87 bits per heavy atom. The zero-order valence-electron chi connectivity index (χ0n) is 24.3. The molecule has 0 saturated carbocycles. The van der Waals surface area contributed by atoms with Crippen molar-refractivity contribution in [2.24, 2.45) is 29.6 Å². The van der Waals surface area contributed by atoms with E-state index in [1.165, 1.54) is 77.0 Å². The smallest absolute Gasteiger partial charge is 0.303 e. The first-order valence-electron chi connectivity index (χ1n) is 15.9. The molecule has 5 unspecified atom stereocenters. The van der Waals surface area contributed by atoms with E-state index in [9.17, 15) is 9.59 Å². The third-order valence-electron chi connectivity index (χ3n) is 8.97. The summed E-state index contributed by atoms with van der Waals surface area (Å²) in [4.78, 5) is 21.5. The van der Waals surface area contributed by atoms with Crippen LogP contribution in [0.5, 0.6) is 0 Å². The number of carboxylic acid groups (broad SMARTS) is 2. The van der Waals surface area contributed by atoms with Gasteiger partial charge in [-0.15, -0.1) is 6.58 Å². The van der Waals surface area contributed by atoms with E-state index in [0.717, 1.165) is 44.4 Å². The molecule has 2 rings (SSSR count). The van der Waals surface area contributed by atoms with Crippen molar-refractivity contribution in [1.29, 1.82) is 0 Å². The van der Waals surface area contributed by atoms with E-state index in [-0.39, 0.29) is 0 Å². The van der Waals surface area contributed by atoms with Crippen molar-refractivity contribution in [2.75, 3.05) is 0 Å². The molecule has 216 valence electrons. The Bertz CT molecular complexity index is 752. The normalized spacial score (nSPS) is 24.6. The van der Waals surface area contributed by atoms with Gasteiger partial charge in [-0.05, 0) is 62.2 Å². The molecule has 0 amide bonds. The maximum atomic E-state index is 10.8. The molecule has 2 aliphatic rings. The quantitative estimate of drug-likeness (QED) is 0.108. The highest BCUT2D eigenvalue weighted by atomic mass is 16.4. The monoisotopic (exact) mass is 528 g/mol. The number of carbonyl (C=O) groups is 2. The van der Waals surface area contributed by atoms with Gasteiger partial charge in [-0.25, -0.2) is 0 Å². The van der Waals surface area contributed by atoms with E-state index in [1.54, 1.807) is 5.57 Å². The summed E-state index contributed by atoms with van der Waals surface area (Å²) in [6.45, 7) is 6.55. The average molecular weight is 529 g/mol. The molecule has 0 fully saturated rings. The molecule has 5 atom stereocenters. The molecule has 0 aromatic rings. The van der Waals surface area contributed by atoms with Gasteiger partial charge in [0.15, 0.2) is 0 Å². The van der Waals surface area contributed by atoms with E-state index in [1.807, 2.05) is 0 Å². The van der Waals surface area contributed by atoms with Crippen molar-refractivity contribution >= 4 is 11.9 Å². The lowest BCUT2D eigenvalue weighted by atomic mass is 9.63. The first kappa shape index (κ1) is 32.4. The largest absolute Gasteiger partial charge is 0.481 e. The van der Waals surface area contributed by atoms with Crippen molar-refractivity contribution < 1.29 is 19.8 Å². The number of hydrogen-bond donors (Lipinski definition) is 2. The second-order valence-electron chi connectivity index (χ2n) is 12.0. The van der Waals surface area contributed by atoms with Crippen LogP contribution >= 0.6 is 0 Å². The molecule has 0 aromatic carbocycles. The van der Waals surface area contributed by atoms with Gasteiger partial charge in [-0.2, -0.15) is 0 Å². The predicted molar refractivity (Wildman–Crippen MR) is 158 cm³/mol. The van der Waals surface area contributed by atoms with Gasteiger partial charge < -0.3 is 10.2 Å². The van der Waals surface area contributed by atoms with Crippen LogP contribution < -0.4 is 0 Å². The van der Waals surface area contributed by atoms with Crippen molar-refractivity contribution in [3.8, 4) is 0 Å². The summed E-state index contributed by atoms with van der Waals surface area (Å²) in [6.07, 6.45) is 31.6. The number of aliphatic carboxylic acids is 2. The van der Waals surface area contributed by atoms with Gasteiger partial charge in [-0.3, -0.25) is 9.59 Å². The lowest BCUT2D eigenvalue weighted by Crippen LogP contribution is -2.31. The van der Waals surface area contributed by atoms with E-state index >= 15 is 0 Å². The van der Waals surface area contributed by atoms with Crippen LogP contribution in [-0.2, 0) is 9.59 Å². The number of rotatable bonds is 22. The van der Waals surface area contributed by atoms with E-state index in [0.29, 0.717) is 36.5 Å². The molecular weight excluding hydrogens is 472 g/mol. The van der Waals surface area contributed by atoms with Crippen LogP contribution in [0.2, 0.25) is 0 Å². The molecule has 4 nitrogen and oxygen atoms in total. The van der Waals surface area contributed by atoms with Gasteiger partial charge in [0.25, 0.3) is 0 Å². The average Bonchev–Trinajstić information content (AvgIpc) is 2.89. The summed E-state index contributed by atoms with van der Waals surface area (Å²) in [5.41, 5.74) is 1.64. The van der Waals surface area contributed by atoms with E-state index in [4.69, 9.17) is 10.2 Å². The molecule has 0 aromatic heterocycles. The van der Waals surface area contributed by atoms with Gasteiger partial charge in [0.2, 0.25) is 0 Å². The number of unbranched alkanes of at least 4 members (excludes halogenated alkanes) is 11. The summed E-state index contributed by atoms with van der Waals surface area (Å²) in [6, 6.07) is 0. The van der Waals surface area contributed by atoms with Crippen LogP contribution in [-0.4, -0.2) is 22.2 Å². The molecule has 0 spiro atoms. The number of fused-ring (bicyclic) bond motifs is 1. The summed E-state index contributed by atoms with van der Waals surface area (Å²) in [5, 5.41) is 17.7. The SMILES string of the molecule is C=CC1C2=CC(CCCCCCCC(=O)O)C(CCCCCCCC(=O)O)CC2C=CC1CCCCCC. The van der Waals surface area contributed by atoms with Gasteiger partial charge in [0, 0.05) is 18.8 Å². The summed E-state index contributed by atoms with van der Waals surface area (Å²) < 4.78 is 0. The molecule has 0 saturated heterocycles. The van der Waals surface area contributed by atoms with E-state index in [2.05, 4.69) is 37.8 Å². The molecule has 0 radical (unpaired) electrons. The fraction of sp³-hybridized carbons (Fsp3) is 0.765. The molecule has 4 heteroatoms. The maximum Gasteiger partial charge on any atom is 0.303 e. The fourth-order valence-corrected chi connectivity index (χ4v) is 6.78. The maximum absolute atomic E-state index is 10.8. The second kappa shape index (κ2) is 19.3. The van der Waals surface area contributed by atoms with Gasteiger partial charge in [0.1, 0.15) is 0 Å². The van der Waals surface area contributed by atoms with Gasteiger partial charge in [-0.1, -0.05) is 114 Å². The van der Waals surface area contributed by atoms with Gasteiger partial charge >= 0.3 is 11.9 Å². The second-order valence-corrected chi connectivity index (χ2v) is 12.0. The minimum absolute atomic E-state index is 0.296. The lowest BCUT2D eigenvalue weighted by Gasteiger charge is -2.41. The highest BCUT2D eigenvalue weighted by Gasteiger charge is 2.36. The third kappa shape index (κ3) is 12.3. The number of allylic oxidation sites excluding steroid dienone is 5. The number of carboxylic acids is 2. The third-order valence-corrected chi connectivity index (χ3v) is 8.97. The highest BCUT2D eigenvalue weighted by Crippen LogP contribution is 2.47. The summed E-state index contributed by atoms with van der Waals surface area (Å²) in [5.74, 6) is 1.66. The summed E-state index contributed by atoms with van der Waals surface area (Å²) >= 11 is 0. The topological polar surface area (TPSA) is 74.6 Å². The number of hydrogen-bond acceptors (Lipinski definition) is 2. The van der Waals surface area contributed by atoms with Crippen LogP contribution in [0.1, 0.15) is 135 Å². The standard InChI is InChI=1S/C34H56O4/c1-3-5-6-13-18-27-23-24-30-25-28(19-14-9-7-11-16-21-33(35)36)29(26-32(30)31(27)4-2)20-15-10-8-12-17-22-34(37)38/h4,23-24,26-31H,2-3,5-22,25H2,1H3,(H,35,36)(H,37,38). The highest BCUT2D eigenvalue weighted by molar-refractivity contribution is 5.66. The van der Waals surface area contributed by atoms with Crippen LogP contribution in [0.15, 0.2) is 36.5 Å². The Kier molecular flexibility index (Phi) is 16.4. The first-order valence-corrected chi connectivity index (χ1v) is 15.9.